The summed E-state index contributed by atoms with van der Waals surface area (Å²) in [4.78, 5) is 11.2. The van der Waals surface area contributed by atoms with E-state index >= 15 is 0 Å². The van der Waals surface area contributed by atoms with Gasteiger partial charge in [0.05, 0.1) is 6.61 Å². The van der Waals surface area contributed by atoms with Crippen LogP contribution in [0.4, 0.5) is 4.79 Å². The molecule has 3 nitrogen and oxygen atoms in total. The zero-order chi connectivity index (χ0) is 10.1. The molecule has 0 saturated heterocycles. The van der Waals surface area contributed by atoms with E-state index in [4.69, 9.17) is 4.74 Å². The lowest BCUT2D eigenvalue weighted by Crippen LogP contribution is -2.24. The van der Waals surface area contributed by atoms with E-state index in [2.05, 4.69) is 26.7 Å². The van der Waals surface area contributed by atoms with Crippen molar-refractivity contribution in [2.75, 3.05) is 13.2 Å². The topological polar surface area (TPSA) is 29.5 Å². The number of thiol groups is 1. The number of carbonyl (C=O) groups excluding carboxylic acids is 1. The first kappa shape index (κ1) is 12.6. The zero-order valence-corrected chi connectivity index (χ0v) is 9.35. The van der Waals surface area contributed by atoms with Crippen molar-refractivity contribution >= 4 is 18.9 Å². The van der Waals surface area contributed by atoms with Crippen molar-refractivity contribution in [2.45, 2.75) is 39.5 Å². The Morgan fingerprint density at radius 1 is 1.31 bits per heavy atom. The highest BCUT2D eigenvalue weighted by Gasteiger charge is 2.08. The quantitative estimate of drug-likeness (QED) is 0.533. The number of rotatable bonds is 6. The Morgan fingerprint density at radius 2 is 1.92 bits per heavy atom. The first-order chi connectivity index (χ1) is 6.22. The molecule has 0 bridgehead atoms. The van der Waals surface area contributed by atoms with Crippen LogP contribution in [0, 0.1) is 0 Å². The summed E-state index contributed by atoms with van der Waals surface area (Å²) < 4.78 is 6.28. The summed E-state index contributed by atoms with van der Waals surface area (Å²) in [6.45, 7) is 5.29. The molecule has 0 rings (SSSR count). The summed E-state index contributed by atoms with van der Waals surface area (Å²) in [5.74, 6) is 0. The Kier molecular flexibility index (Phi) is 7.99. The van der Waals surface area contributed by atoms with Gasteiger partial charge in [0, 0.05) is 6.54 Å². The molecule has 0 unspecified atom stereocenters. The molecule has 4 heteroatoms. The monoisotopic (exact) mass is 205 g/mol. The number of nitrogens with zero attached hydrogens (tertiary/aromatic N) is 1. The predicted octanol–water partition coefficient (Wildman–Crippen LogP) is 2.87. The number of carbonyl (C=O) groups is 1. The molecule has 1 amide bonds. The lowest BCUT2D eigenvalue weighted by atomic mass is 10.3. The largest absolute Gasteiger partial charge is 0.449 e. The molecule has 0 aromatic rings. The van der Waals surface area contributed by atoms with Gasteiger partial charge in [-0.15, -0.1) is 0 Å². The maximum absolute atomic E-state index is 11.2. The molecular weight excluding hydrogens is 186 g/mol. The van der Waals surface area contributed by atoms with Crippen LogP contribution in [0.2, 0.25) is 0 Å². The molecule has 0 aliphatic heterocycles. The molecule has 0 spiro atoms. The van der Waals surface area contributed by atoms with Crippen LogP contribution in [0.25, 0.3) is 0 Å². The second-order valence-electron chi connectivity index (χ2n) is 2.94. The maximum atomic E-state index is 11.2. The summed E-state index contributed by atoms with van der Waals surface area (Å²) in [7, 11) is 0. The van der Waals surface area contributed by atoms with Crippen molar-refractivity contribution in [1.82, 2.24) is 4.31 Å². The Hall–Kier alpha value is -0.380. The fourth-order valence-electron chi connectivity index (χ4n) is 0.777. The van der Waals surface area contributed by atoms with Crippen LogP contribution in [0.15, 0.2) is 0 Å². The molecule has 0 aromatic carbocycles. The highest BCUT2D eigenvalue weighted by molar-refractivity contribution is 7.78. The highest BCUT2D eigenvalue weighted by atomic mass is 32.1. The van der Waals surface area contributed by atoms with Gasteiger partial charge in [-0.25, -0.2) is 4.79 Å². The standard InChI is InChI=1S/C9H19NO2S/c1-3-5-7-10(13)9(11)12-8-6-4-2/h13H,3-8H2,1-2H3. The van der Waals surface area contributed by atoms with E-state index in [1.165, 1.54) is 4.31 Å². The van der Waals surface area contributed by atoms with Gasteiger partial charge in [0.15, 0.2) is 0 Å². The number of amides is 1. The van der Waals surface area contributed by atoms with E-state index in [-0.39, 0.29) is 6.09 Å². The first-order valence-corrected chi connectivity index (χ1v) is 5.25. The van der Waals surface area contributed by atoms with E-state index in [1.54, 1.807) is 0 Å². The Morgan fingerprint density at radius 3 is 2.46 bits per heavy atom. The molecular formula is C9H19NO2S. The number of unbranched alkanes of at least 4 members (excludes halogenated alkanes) is 2. The molecule has 13 heavy (non-hydrogen) atoms. The van der Waals surface area contributed by atoms with Crippen LogP contribution in [-0.4, -0.2) is 23.6 Å². The average molecular weight is 205 g/mol. The van der Waals surface area contributed by atoms with Crippen molar-refractivity contribution < 1.29 is 9.53 Å². The second kappa shape index (κ2) is 8.23. The number of hydrogen-bond acceptors (Lipinski definition) is 3. The minimum Gasteiger partial charge on any atom is -0.449 e. The molecule has 78 valence electrons. The van der Waals surface area contributed by atoms with Crippen molar-refractivity contribution in [2.24, 2.45) is 0 Å². The Balaban J connectivity index is 3.45. The van der Waals surface area contributed by atoms with Crippen LogP contribution in [0.3, 0.4) is 0 Å². The molecule has 0 saturated carbocycles. The molecule has 0 radical (unpaired) electrons. The summed E-state index contributed by atoms with van der Waals surface area (Å²) in [6.07, 6.45) is 3.65. The highest BCUT2D eigenvalue weighted by Crippen LogP contribution is 2.02. The lowest BCUT2D eigenvalue weighted by molar-refractivity contribution is 0.127. The Bertz CT molecular complexity index is 142. The normalized spacial score (nSPS) is 9.77. The van der Waals surface area contributed by atoms with Crippen LogP contribution in [0.1, 0.15) is 39.5 Å². The van der Waals surface area contributed by atoms with Gasteiger partial charge in [-0.2, -0.15) is 0 Å². The summed E-state index contributed by atoms with van der Waals surface area (Å²) >= 11 is 4.02. The number of ether oxygens (including phenoxy) is 1. The van der Waals surface area contributed by atoms with Gasteiger partial charge in [-0.05, 0) is 12.8 Å². The van der Waals surface area contributed by atoms with E-state index in [0.717, 1.165) is 25.7 Å². The fraction of sp³-hybridized carbons (Fsp3) is 0.889. The molecule has 0 heterocycles. The third-order valence-electron chi connectivity index (χ3n) is 1.66. The van der Waals surface area contributed by atoms with Crippen LogP contribution in [0.5, 0.6) is 0 Å². The fourth-order valence-corrected chi connectivity index (χ4v) is 0.977. The van der Waals surface area contributed by atoms with Gasteiger partial charge in [-0.3, -0.25) is 4.31 Å². The van der Waals surface area contributed by atoms with Crippen molar-refractivity contribution in [3.63, 3.8) is 0 Å². The molecule has 0 N–H and O–H groups in total. The molecule has 0 atom stereocenters. The van der Waals surface area contributed by atoms with Crippen molar-refractivity contribution in [1.29, 1.82) is 0 Å². The van der Waals surface area contributed by atoms with E-state index in [9.17, 15) is 4.79 Å². The third kappa shape index (κ3) is 6.75. The maximum Gasteiger partial charge on any atom is 0.419 e. The summed E-state index contributed by atoms with van der Waals surface area (Å²) in [6, 6.07) is 0. The second-order valence-corrected chi connectivity index (χ2v) is 3.43. The zero-order valence-electron chi connectivity index (χ0n) is 8.45. The third-order valence-corrected chi connectivity index (χ3v) is 2.02. The lowest BCUT2D eigenvalue weighted by Gasteiger charge is -2.14. The van der Waals surface area contributed by atoms with Gasteiger partial charge in [0.2, 0.25) is 0 Å². The van der Waals surface area contributed by atoms with Crippen molar-refractivity contribution in [3.05, 3.63) is 0 Å². The minimum absolute atomic E-state index is 0.328. The SMILES string of the molecule is CCCCOC(=O)N(S)CCCC. The molecule has 0 aliphatic rings. The van der Waals surface area contributed by atoms with E-state index < -0.39 is 0 Å². The van der Waals surface area contributed by atoms with Crippen LogP contribution in [-0.2, 0) is 4.74 Å². The molecule has 0 aliphatic carbocycles. The molecule has 0 aromatic heterocycles. The van der Waals surface area contributed by atoms with Gasteiger partial charge < -0.3 is 4.74 Å². The average Bonchev–Trinajstić information content (AvgIpc) is 2.14. The van der Waals surface area contributed by atoms with E-state index in [1.807, 2.05) is 0 Å². The van der Waals surface area contributed by atoms with Gasteiger partial charge in [-0.1, -0.05) is 39.5 Å². The van der Waals surface area contributed by atoms with Crippen LogP contribution >= 0.6 is 12.8 Å². The molecule has 0 fully saturated rings. The van der Waals surface area contributed by atoms with E-state index in [0.29, 0.717) is 13.2 Å². The number of hydrogen-bond donors (Lipinski definition) is 1. The van der Waals surface area contributed by atoms with Crippen molar-refractivity contribution in [3.8, 4) is 0 Å². The van der Waals surface area contributed by atoms with Gasteiger partial charge >= 0.3 is 6.09 Å². The predicted molar refractivity (Wildman–Crippen MR) is 56.9 cm³/mol. The minimum atomic E-state index is -0.328. The Labute approximate surface area is 86.0 Å². The van der Waals surface area contributed by atoms with Gasteiger partial charge in [0.1, 0.15) is 0 Å². The van der Waals surface area contributed by atoms with Crippen LogP contribution < -0.4 is 0 Å². The smallest absolute Gasteiger partial charge is 0.419 e. The summed E-state index contributed by atoms with van der Waals surface area (Å²) in [5.41, 5.74) is 0. The summed E-state index contributed by atoms with van der Waals surface area (Å²) in [5, 5.41) is 0. The first-order valence-electron chi connectivity index (χ1n) is 4.85. The van der Waals surface area contributed by atoms with Gasteiger partial charge in [0.25, 0.3) is 0 Å².